The number of hydrogen-bond acceptors (Lipinski definition) is 0. The Hall–Kier alpha value is -0.443. The third-order valence-electron chi connectivity index (χ3n) is 3.85. The third kappa shape index (κ3) is 4.67. The van der Waals surface area contributed by atoms with Crippen molar-refractivity contribution in [3.63, 3.8) is 0 Å². The third-order valence-corrected chi connectivity index (χ3v) is 3.85. The quantitative estimate of drug-likeness (QED) is 0.425. The standard InChI is InChI=1S/C17H23.Li/c1-2-3-5-8-15-11-13-17(14-12-15)16-9-6-4-7-10-16;/h5-10,15,17H,2-3,11-14H2,1H3;/q-1;+1. The molecule has 0 bridgehead atoms. The normalized spacial score (nSPS) is 23.8. The summed E-state index contributed by atoms with van der Waals surface area (Å²) in [5, 5.41) is 0. The van der Waals surface area contributed by atoms with Crippen molar-refractivity contribution in [3.8, 4) is 0 Å². The van der Waals surface area contributed by atoms with Crippen molar-refractivity contribution in [2.45, 2.75) is 51.4 Å². The topological polar surface area (TPSA) is 0 Å². The Bertz CT molecular complexity index is 334. The van der Waals surface area contributed by atoms with Crippen LogP contribution in [0.15, 0.2) is 36.4 Å². The van der Waals surface area contributed by atoms with Gasteiger partial charge in [-0.2, -0.15) is 35.9 Å². The van der Waals surface area contributed by atoms with Crippen LogP contribution in [0.5, 0.6) is 0 Å². The van der Waals surface area contributed by atoms with Gasteiger partial charge in [0.25, 0.3) is 0 Å². The molecule has 0 nitrogen and oxygen atoms in total. The van der Waals surface area contributed by atoms with Gasteiger partial charge in [-0.25, -0.2) is 0 Å². The Labute approximate surface area is 124 Å². The summed E-state index contributed by atoms with van der Waals surface area (Å²) in [6.45, 7) is 2.24. The van der Waals surface area contributed by atoms with E-state index in [0.717, 1.165) is 11.8 Å². The van der Waals surface area contributed by atoms with Crippen LogP contribution >= 0.6 is 0 Å². The van der Waals surface area contributed by atoms with Gasteiger partial charge >= 0.3 is 18.9 Å². The van der Waals surface area contributed by atoms with Crippen LogP contribution in [0.4, 0.5) is 0 Å². The molecule has 1 aliphatic carbocycles. The number of rotatable bonds is 4. The minimum Gasteiger partial charge on any atom is -0.184 e. The van der Waals surface area contributed by atoms with E-state index in [1.807, 2.05) is 12.1 Å². The van der Waals surface area contributed by atoms with Crippen LogP contribution in [0.3, 0.4) is 0 Å². The molecule has 0 heterocycles. The zero-order valence-corrected chi connectivity index (χ0v) is 11.9. The molecular weight excluding hydrogens is 211 g/mol. The van der Waals surface area contributed by atoms with E-state index in [1.54, 1.807) is 0 Å². The van der Waals surface area contributed by atoms with Crippen LogP contribution in [-0.2, 0) is 0 Å². The zero-order chi connectivity index (χ0) is 11.9. The summed E-state index contributed by atoms with van der Waals surface area (Å²) >= 11 is 0. The van der Waals surface area contributed by atoms with Crippen molar-refractivity contribution < 1.29 is 18.9 Å². The number of unbranched alkanes of at least 4 members (excludes halogenated alkanes) is 1. The molecule has 2 rings (SSSR count). The molecule has 0 unspecified atom stereocenters. The Morgan fingerprint density at radius 1 is 1.17 bits per heavy atom. The van der Waals surface area contributed by atoms with Crippen LogP contribution in [0.25, 0.3) is 0 Å². The molecule has 0 amide bonds. The van der Waals surface area contributed by atoms with Gasteiger partial charge in [0.15, 0.2) is 0 Å². The molecule has 1 aliphatic rings. The van der Waals surface area contributed by atoms with Crippen LogP contribution in [0.1, 0.15) is 56.9 Å². The fraction of sp³-hybridized carbons (Fsp3) is 0.529. The molecule has 0 atom stereocenters. The summed E-state index contributed by atoms with van der Waals surface area (Å²) in [7, 11) is 0. The molecule has 1 fully saturated rings. The first-order valence-corrected chi connectivity index (χ1v) is 7.03. The van der Waals surface area contributed by atoms with Crippen molar-refractivity contribution >= 4 is 0 Å². The molecule has 1 aromatic carbocycles. The molecule has 92 valence electrons. The average molecular weight is 234 g/mol. The Morgan fingerprint density at radius 3 is 2.44 bits per heavy atom. The second-order valence-corrected chi connectivity index (χ2v) is 5.16. The van der Waals surface area contributed by atoms with Gasteiger partial charge < -0.3 is 0 Å². The van der Waals surface area contributed by atoms with Gasteiger partial charge in [-0.3, -0.25) is 0 Å². The fourth-order valence-corrected chi connectivity index (χ4v) is 2.77. The summed E-state index contributed by atoms with van der Waals surface area (Å²) in [5.41, 5.74) is 1.51. The van der Waals surface area contributed by atoms with Gasteiger partial charge in [0.1, 0.15) is 0 Å². The molecule has 0 saturated heterocycles. The maximum Gasteiger partial charge on any atom is 1.00 e. The van der Waals surface area contributed by atoms with Gasteiger partial charge in [0.2, 0.25) is 0 Å². The summed E-state index contributed by atoms with van der Waals surface area (Å²) in [4.78, 5) is 0. The first kappa shape index (κ1) is 15.6. The van der Waals surface area contributed by atoms with Crippen molar-refractivity contribution in [3.05, 3.63) is 48.0 Å². The Balaban J connectivity index is 0.00000162. The van der Waals surface area contributed by atoms with Crippen LogP contribution in [-0.4, -0.2) is 0 Å². The van der Waals surface area contributed by atoms with Gasteiger partial charge in [0.05, 0.1) is 0 Å². The minimum absolute atomic E-state index is 0. The van der Waals surface area contributed by atoms with Gasteiger partial charge in [0, 0.05) is 0 Å². The first-order chi connectivity index (χ1) is 8.40. The predicted octanol–water partition coefficient (Wildman–Crippen LogP) is 2.12. The average Bonchev–Trinajstić information content (AvgIpc) is 2.41. The number of hydrogen-bond donors (Lipinski definition) is 0. The monoisotopic (exact) mass is 234 g/mol. The molecule has 1 aromatic rings. The van der Waals surface area contributed by atoms with E-state index in [1.165, 1.54) is 44.1 Å². The molecule has 0 aromatic heterocycles. The Kier molecular flexibility index (Phi) is 7.48. The smallest absolute Gasteiger partial charge is 0.184 e. The molecular formula is C17H23Li. The summed E-state index contributed by atoms with van der Waals surface area (Å²) in [6, 6.07) is 11.7. The number of benzene rings is 1. The maximum atomic E-state index is 3.10. The number of allylic oxidation sites excluding steroid dienone is 2. The fourth-order valence-electron chi connectivity index (χ4n) is 2.77. The zero-order valence-electron chi connectivity index (χ0n) is 11.9. The van der Waals surface area contributed by atoms with Gasteiger partial charge in [-0.15, -0.1) is 0 Å². The largest absolute Gasteiger partial charge is 1.00 e. The van der Waals surface area contributed by atoms with Crippen LogP contribution < -0.4 is 18.9 Å². The van der Waals surface area contributed by atoms with E-state index < -0.39 is 0 Å². The second-order valence-electron chi connectivity index (χ2n) is 5.16. The molecule has 18 heavy (non-hydrogen) atoms. The molecule has 1 heteroatoms. The maximum absolute atomic E-state index is 3.10. The van der Waals surface area contributed by atoms with Gasteiger partial charge in [-0.05, 0) is 43.9 Å². The molecule has 0 aliphatic heterocycles. The van der Waals surface area contributed by atoms with Crippen LogP contribution in [0, 0.1) is 12.0 Å². The predicted molar refractivity (Wildman–Crippen MR) is 74.0 cm³/mol. The van der Waals surface area contributed by atoms with E-state index in [4.69, 9.17) is 0 Å². The van der Waals surface area contributed by atoms with E-state index in [-0.39, 0.29) is 18.9 Å². The van der Waals surface area contributed by atoms with E-state index in [2.05, 4.69) is 37.3 Å². The van der Waals surface area contributed by atoms with Gasteiger partial charge in [-0.1, -0.05) is 25.5 Å². The summed E-state index contributed by atoms with van der Waals surface area (Å²) < 4.78 is 0. The van der Waals surface area contributed by atoms with E-state index in [9.17, 15) is 0 Å². The van der Waals surface area contributed by atoms with Crippen molar-refractivity contribution in [2.75, 3.05) is 0 Å². The van der Waals surface area contributed by atoms with Crippen LogP contribution in [0.2, 0.25) is 0 Å². The minimum atomic E-state index is 0. The van der Waals surface area contributed by atoms with Crippen molar-refractivity contribution in [1.82, 2.24) is 0 Å². The van der Waals surface area contributed by atoms with E-state index >= 15 is 0 Å². The van der Waals surface area contributed by atoms with Crippen molar-refractivity contribution in [2.24, 2.45) is 5.92 Å². The first-order valence-electron chi connectivity index (χ1n) is 7.03. The summed E-state index contributed by atoms with van der Waals surface area (Å²) in [5.74, 6) is 1.63. The SMILES string of the molecule is CCCC=CC1CCC(c2cc[c-]cc2)CC1.[Li+]. The molecule has 1 saturated carbocycles. The summed E-state index contributed by atoms with van der Waals surface area (Å²) in [6.07, 6.45) is 12.8. The van der Waals surface area contributed by atoms with Crippen molar-refractivity contribution in [1.29, 1.82) is 0 Å². The van der Waals surface area contributed by atoms with E-state index in [0.29, 0.717) is 0 Å². The second kappa shape index (κ2) is 8.62. The molecule has 0 spiro atoms. The molecule has 0 radical (unpaired) electrons. The molecule has 0 N–H and O–H groups in total. The Morgan fingerprint density at radius 2 is 1.83 bits per heavy atom.